The summed E-state index contributed by atoms with van der Waals surface area (Å²) in [5, 5.41) is 6.37. The molecule has 1 spiro atoms. The number of fused-ring (bicyclic) bond motifs is 2. The van der Waals surface area contributed by atoms with Crippen molar-refractivity contribution in [3.05, 3.63) is 94.0 Å². The number of hydrogen-bond donors (Lipinski definition) is 2. The van der Waals surface area contributed by atoms with Crippen molar-refractivity contribution < 1.29 is 19.1 Å². The van der Waals surface area contributed by atoms with Gasteiger partial charge in [-0.1, -0.05) is 41.9 Å². The van der Waals surface area contributed by atoms with Gasteiger partial charge < -0.3 is 15.4 Å². The molecule has 4 amide bonds. The molecule has 1 atom stereocenters. The van der Waals surface area contributed by atoms with Crippen molar-refractivity contribution in [2.75, 3.05) is 11.9 Å². The number of aryl methyl sites for hydroxylation is 1. The highest BCUT2D eigenvalue weighted by atomic mass is 35.5. The van der Waals surface area contributed by atoms with E-state index in [0.29, 0.717) is 40.6 Å². The van der Waals surface area contributed by atoms with Crippen LogP contribution in [-0.2, 0) is 16.9 Å². The molecule has 2 aliphatic rings. The highest BCUT2D eigenvalue weighted by Crippen LogP contribution is 2.41. The third kappa shape index (κ3) is 3.78. The molecule has 0 bridgehead atoms. The predicted octanol–water partition coefficient (Wildman–Crippen LogP) is 4.63. The van der Waals surface area contributed by atoms with Crippen LogP contribution < -0.4 is 15.4 Å². The molecule has 0 aromatic heterocycles. The summed E-state index contributed by atoms with van der Waals surface area (Å²) in [6.45, 7) is 2.31. The second-order valence-electron chi connectivity index (χ2n) is 8.44. The van der Waals surface area contributed by atoms with Gasteiger partial charge in [0.05, 0.1) is 13.2 Å². The molecule has 3 aromatic rings. The number of halogens is 1. The van der Waals surface area contributed by atoms with Gasteiger partial charge in [0, 0.05) is 28.3 Å². The molecule has 0 aliphatic carbocycles. The average molecular weight is 476 g/mol. The number of urea groups is 1. The lowest BCUT2D eigenvalue weighted by molar-refractivity contribution is -0.133. The first kappa shape index (κ1) is 22.0. The van der Waals surface area contributed by atoms with E-state index in [4.69, 9.17) is 16.3 Å². The summed E-state index contributed by atoms with van der Waals surface area (Å²) in [6.07, 6.45) is 0.369. The van der Waals surface area contributed by atoms with Gasteiger partial charge in [-0.15, -0.1) is 0 Å². The summed E-state index contributed by atoms with van der Waals surface area (Å²) in [7, 11) is 0. The summed E-state index contributed by atoms with van der Waals surface area (Å²) in [5.41, 5.74) is 2.28. The van der Waals surface area contributed by atoms with Crippen molar-refractivity contribution in [2.24, 2.45) is 0 Å². The Morgan fingerprint density at radius 3 is 2.65 bits per heavy atom. The van der Waals surface area contributed by atoms with E-state index >= 15 is 0 Å². The first-order valence-electron chi connectivity index (χ1n) is 10.9. The minimum atomic E-state index is -1.11. The molecule has 172 valence electrons. The maximum atomic E-state index is 13.4. The number of carbonyl (C=O) groups excluding carboxylic acids is 3. The van der Waals surface area contributed by atoms with Crippen LogP contribution in [0, 0.1) is 6.92 Å². The Hall–Kier alpha value is -3.84. The smallest absolute Gasteiger partial charge is 0.325 e. The van der Waals surface area contributed by atoms with Gasteiger partial charge in [-0.3, -0.25) is 14.5 Å². The van der Waals surface area contributed by atoms with Crippen molar-refractivity contribution in [1.82, 2.24) is 10.2 Å². The maximum absolute atomic E-state index is 13.4. The van der Waals surface area contributed by atoms with Crippen LogP contribution in [0.15, 0.2) is 66.7 Å². The van der Waals surface area contributed by atoms with E-state index in [2.05, 4.69) is 10.6 Å². The third-order valence-electron chi connectivity index (χ3n) is 6.23. The Labute approximate surface area is 201 Å². The van der Waals surface area contributed by atoms with Gasteiger partial charge in [0.15, 0.2) is 5.54 Å². The molecule has 0 radical (unpaired) electrons. The molecule has 3 aromatic carbocycles. The molecule has 2 heterocycles. The molecular weight excluding hydrogens is 454 g/mol. The fraction of sp³-hybridized carbons (Fsp3) is 0.192. The number of nitrogens with one attached hydrogen (secondary N) is 2. The fourth-order valence-electron chi connectivity index (χ4n) is 4.39. The van der Waals surface area contributed by atoms with Crippen LogP contribution in [-0.4, -0.2) is 29.4 Å². The van der Waals surface area contributed by atoms with Crippen molar-refractivity contribution in [2.45, 2.75) is 25.4 Å². The van der Waals surface area contributed by atoms with E-state index in [1.807, 2.05) is 25.1 Å². The number of benzene rings is 3. The lowest BCUT2D eigenvalue weighted by Gasteiger charge is -2.33. The average Bonchev–Trinajstić information content (AvgIpc) is 3.07. The van der Waals surface area contributed by atoms with Crippen LogP contribution in [0.3, 0.4) is 0 Å². The number of anilines is 1. The largest absolute Gasteiger partial charge is 0.493 e. The van der Waals surface area contributed by atoms with Gasteiger partial charge in [-0.2, -0.15) is 0 Å². The Bertz CT molecular complexity index is 1310. The quantitative estimate of drug-likeness (QED) is 0.538. The highest BCUT2D eigenvalue weighted by Gasteiger charge is 2.54. The lowest BCUT2D eigenvalue weighted by atomic mass is 9.84. The number of imide groups is 1. The molecule has 5 rings (SSSR count). The summed E-state index contributed by atoms with van der Waals surface area (Å²) in [5.74, 6) is 0.0460. The number of para-hydroxylation sites is 1. The van der Waals surface area contributed by atoms with Crippen molar-refractivity contribution >= 4 is 35.1 Å². The van der Waals surface area contributed by atoms with Crippen LogP contribution in [0.4, 0.5) is 10.5 Å². The molecule has 0 unspecified atom stereocenters. The van der Waals surface area contributed by atoms with Crippen LogP contribution in [0.1, 0.15) is 33.5 Å². The number of ether oxygens (including phenoxy) is 1. The Morgan fingerprint density at radius 2 is 1.88 bits per heavy atom. The van der Waals surface area contributed by atoms with Crippen LogP contribution in [0.25, 0.3) is 0 Å². The monoisotopic (exact) mass is 475 g/mol. The van der Waals surface area contributed by atoms with Crippen molar-refractivity contribution in [3.63, 3.8) is 0 Å². The van der Waals surface area contributed by atoms with E-state index in [0.717, 1.165) is 11.1 Å². The van der Waals surface area contributed by atoms with Gasteiger partial charge in [0.1, 0.15) is 5.75 Å². The van der Waals surface area contributed by atoms with E-state index < -0.39 is 11.6 Å². The molecule has 7 nitrogen and oxygen atoms in total. The van der Waals surface area contributed by atoms with Crippen molar-refractivity contribution in [1.29, 1.82) is 0 Å². The summed E-state index contributed by atoms with van der Waals surface area (Å²) in [6, 6.07) is 18.9. The van der Waals surface area contributed by atoms with Crippen LogP contribution in [0.2, 0.25) is 5.02 Å². The normalized spacial score (nSPS) is 18.9. The lowest BCUT2D eigenvalue weighted by Crippen LogP contribution is -2.47. The Balaban J connectivity index is 1.31. The number of nitrogens with zero attached hydrogens (tertiary/aromatic N) is 1. The van der Waals surface area contributed by atoms with Gasteiger partial charge in [-0.05, 0) is 54.4 Å². The second-order valence-corrected chi connectivity index (χ2v) is 8.84. The highest BCUT2D eigenvalue weighted by molar-refractivity contribution is 6.31. The minimum absolute atomic E-state index is 0.105. The topological polar surface area (TPSA) is 87.7 Å². The molecule has 2 aliphatic heterocycles. The van der Waals surface area contributed by atoms with E-state index in [1.165, 1.54) is 4.90 Å². The summed E-state index contributed by atoms with van der Waals surface area (Å²) < 4.78 is 5.67. The first-order valence-corrected chi connectivity index (χ1v) is 11.3. The maximum Gasteiger partial charge on any atom is 0.325 e. The fourth-order valence-corrected chi connectivity index (χ4v) is 4.50. The molecule has 34 heavy (non-hydrogen) atoms. The number of rotatable bonds is 4. The number of hydrogen-bond acceptors (Lipinski definition) is 4. The molecule has 1 saturated heterocycles. The zero-order valence-electron chi connectivity index (χ0n) is 18.4. The van der Waals surface area contributed by atoms with Crippen LogP contribution >= 0.6 is 11.6 Å². The van der Waals surface area contributed by atoms with Gasteiger partial charge in [0.25, 0.3) is 11.8 Å². The molecule has 0 saturated carbocycles. The van der Waals surface area contributed by atoms with Gasteiger partial charge >= 0.3 is 6.03 Å². The molecule has 1 fully saturated rings. The van der Waals surface area contributed by atoms with E-state index in [1.54, 1.807) is 48.5 Å². The minimum Gasteiger partial charge on any atom is -0.493 e. The Morgan fingerprint density at radius 1 is 1.12 bits per heavy atom. The van der Waals surface area contributed by atoms with Crippen LogP contribution in [0.5, 0.6) is 5.75 Å². The predicted molar refractivity (Wildman–Crippen MR) is 128 cm³/mol. The Kier molecular flexibility index (Phi) is 5.49. The summed E-state index contributed by atoms with van der Waals surface area (Å²) >= 11 is 6.04. The molecule has 8 heteroatoms. The molecule has 2 N–H and O–H groups in total. The van der Waals surface area contributed by atoms with Crippen molar-refractivity contribution in [3.8, 4) is 5.75 Å². The number of carbonyl (C=O) groups is 3. The first-order chi connectivity index (χ1) is 16.4. The SMILES string of the molecule is Cc1cc(NC(=O)c2ccc(CN3C(=O)N[C@]4(CCOc5ccccc54)C3=O)cc2)ccc1Cl. The zero-order chi connectivity index (χ0) is 23.9. The zero-order valence-corrected chi connectivity index (χ0v) is 19.2. The second kappa shape index (κ2) is 8.50. The van der Waals surface area contributed by atoms with E-state index in [9.17, 15) is 14.4 Å². The van der Waals surface area contributed by atoms with E-state index in [-0.39, 0.29) is 18.4 Å². The van der Waals surface area contributed by atoms with Gasteiger partial charge in [-0.25, -0.2) is 4.79 Å². The third-order valence-corrected chi connectivity index (χ3v) is 6.65. The van der Waals surface area contributed by atoms with Gasteiger partial charge in [0.2, 0.25) is 0 Å². The number of amides is 4. The standard InChI is InChI=1S/C26H22ClN3O4/c1-16-14-19(10-11-21(16)27)28-23(31)18-8-6-17(7-9-18)15-30-24(32)26(29-25(30)33)12-13-34-22-5-3-2-4-20(22)26/h2-11,14H,12-13,15H2,1H3,(H,28,31)(H,29,33)/t26-/m0/s1. The molecular formula is C26H22ClN3O4. The summed E-state index contributed by atoms with van der Waals surface area (Å²) in [4.78, 5) is 40.0.